The van der Waals surface area contributed by atoms with Gasteiger partial charge in [-0.05, 0) is 48.1 Å². The number of hydrogen-bond donors (Lipinski definition) is 1. The Morgan fingerprint density at radius 2 is 1.89 bits per heavy atom. The van der Waals surface area contributed by atoms with Gasteiger partial charge >= 0.3 is 0 Å². The number of fused-ring (bicyclic) bond motifs is 1. The van der Waals surface area contributed by atoms with Crippen LogP contribution in [-0.2, 0) is 34.1 Å². The van der Waals surface area contributed by atoms with Crippen molar-refractivity contribution in [3.05, 3.63) is 74.6 Å². The van der Waals surface area contributed by atoms with Gasteiger partial charge in [-0.3, -0.25) is 14.5 Å². The van der Waals surface area contributed by atoms with Crippen LogP contribution in [0.2, 0.25) is 0 Å². The van der Waals surface area contributed by atoms with Gasteiger partial charge in [-0.15, -0.1) is 11.3 Å². The Labute approximate surface area is 214 Å². The Balaban J connectivity index is 1.25. The van der Waals surface area contributed by atoms with E-state index in [1.165, 1.54) is 23.5 Å². The number of pyridine rings is 1. The molecule has 190 valence electrons. The number of amides is 1. The molecule has 5 rings (SSSR count). The monoisotopic (exact) mass is 526 g/mol. The topological polar surface area (TPSA) is 101 Å². The fourth-order valence-corrected chi connectivity index (χ4v) is 6.50. The first-order valence-electron chi connectivity index (χ1n) is 12.1. The molecule has 2 aliphatic rings. The van der Waals surface area contributed by atoms with E-state index in [2.05, 4.69) is 24.1 Å². The van der Waals surface area contributed by atoms with Crippen molar-refractivity contribution < 1.29 is 13.2 Å². The van der Waals surface area contributed by atoms with E-state index in [9.17, 15) is 18.0 Å². The molecule has 0 bridgehead atoms. The van der Waals surface area contributed by atoms with Crippen LogP contribution < -0.4 is 10.9 Å². The lowest BCUT2D eigenvalue weighted by Gasteiger charge is -2.27. The number of nitrogens with zero attached hydrogens (tertiary/aromatic N) is 3. The average molecular weight is 527 g/mol. The van der Waals surface area contributed by atoms with Gasteiger partial charge in [-0.25, -0.2) is 13.4 Å². The van der Waals surface area contributed by atoms with Crippen LogP contribution >= 0.6 is 11.3 Å². The van der Waals surface area contributed by atoms with E-state index in [1.807, 2.05) is 16.8 Å². The summed E-state index contributed by atoms with van der Waals surface area (Å²) in [5.41, 5.74) is 2.81. The molecular weight excluding hydrogens is 496 g/mol. The van der Waals surface area contributed by atoms with Crippen molar-refractivity contribution in [1.29, 1.82) is 0 Å². The predicted molar refractivity (Wildman–Crippen MR) is 140 cm³/mol. The summed E-state index contributed by atoms with van der Waals surface area (Å²) in [5, 5.41) is 3.49. The maximum atomic E-state index is 12.6. The highest BCUT2D eigenvalue weighted by Crippen LogP contribution is 2.43. The number of carbonyl (C=O) groups is 1. The van der Waals surface area contributed by atoms with E-state index in [4.69, 9.17) is 4.98 Å². The van der Waals surface area contributed by atoms with E-state index >= 15 is 0 Å². The third kappa shape index (κ3) is 5.30. The summed E-state index contributed by atoms with van der Waals surface area (Å²) in [6.07, 6.45) is 5.39. The van der Waals surface area contributed by atoms with Gasteiger partial charge in [0.25, 0.3) is 5.56 Å². The van der Waals surface area contributed by atoms with Gasteiger partial charge in [0.05, 0.1) is 23.1 Å². The second-order valence-corrected chi connectivity index (χ2v) is 13.2. The van der Waals surface area contributed by atoms with Crippen molar-refractivity contribution in [2.24, 2.45) is 5.92 Å². The van der Waals surface area contributed by atoms with E-state index in [1.54, 1.807) is 18.2 Å². The fourth-order valence-electron chi connectivity index (χ4n) is 4.83. The third-order valence-corrected chi connectivity index (χ3v) is 8.78. The number of thiazole rings is 1. The Hall–Kier alpha value is -2.82. The van der Waals surface area contributed by atoms with E-state index in [-0.39, 0.29) is 28.8 Å². The highest BCUT2D eigenvalue weighted by Gasteiger charge is 2.36. The van der Waals surface area contributed by atoms with Gasteiger partial charge < -0.3 is 9.88 Å². The summed E-state index contributed by atoms with van der Waals surface area (Å²) in [7, 11) is -3.27. The number of anilines is 1. The van der Waals surface area contributed by atoms with Crippen LogP contribution in [0.3, 0.4) is 0 Å². The molecule has 0 saturated heterocycles. The highest BCUT2D eigenvalue weighted by atomic mass is 32.2. The summed E-state index contributed by atoms with van der Waals surface area (Å²) in [6, 6.07) is 10.6. The predicted octanol–water partition coefficient (Wildman–Crippen LogP) is 3.94. The number of carbonyl (C=O) groups excluding carboxylic acids is 1. The SMILES string of the molecule is CC(C)C1c2nc(NC(=O)Cc3ccc(S(C)(=O)=O)cc3)sc2CN1Cc1ccn(C2CC2)c(=O)c1. The fraction of sp³-hybridized carbons (Fsp3) is 0.423. The summed E-state index contributed by atoms with van der Waals surface area (Å²) in [5.74, 6) is 0.126. The summed E-state index contributed by atoms with van der Waals surface area (Å²) >= 11 is 1.49. The maximum absolute atomic E-state index is 12.6. The average Bonchev–Trinajstić information content (AvgIpc) is 3.47. The molecule has 1 aromatic carbocycles. The van der Waals surface area contributed by atoms with Gasteiger partial charge in [0.2, 0.25) is 5.91 Å². The molecule has 1 aliphatic carbocycles. The lowest BCUT2D eigenvalue weighted by molar-refractivity contribution is -0.115. The van der Waals surface area contributed by atoms with Gasteiger partial charge in [0.1, 0.15) is 0 Å². The minimum absolute atomic E-state index is 0.0687. The molecule has 3 heterocycles. The minimum atomic E-state index is -3.27. The lowest BCUT2D eigenvalue weighted by atomic mass is 10.0. The Bertz CT molecular complexity index is 1450. The molecule has 1 N–H and O–H groups in total. The van der Waals surface area contributed by atoms with Crippen LogP contribution in [0.15, 0.2) is 52.3 Å². The molecule has 36 heavy (non-hydrogen) atoms. The van der Waals surface area contributed by atoms with Gasteiger partial charge in [0.15, 0.2) is 15.0 Å². The zero-order valence-electron chi connectivity index (χ0n) is 20.6. The number of benzene rings is 1. The van der Waals surface area contributed by atoms with E-state index in [0.29, 0.717) is 23.6 Å². The summed E-state index contributed by atoms with van der Waals surface area (Å²) in [4.78, 5) is 33.6. The van der Waals surface area contributed by atoms with Crippen LogP contribution in [0, 0.1) is 5.92 Å². The quantitative estimate of drug-likeness (QED) is 0.477. The maximum Gasteiger partial charge on any atom is 0.251 e. The molecule has 10 heteroatoms. The number of nitrogens with one attached hydrogen (secondary N) is 1. The second kappa shape index (κ2) is 9.57. The molecule has 3 aromatic rings. The largest absolute Gasteiger partial charge is 0.312 e. The second-order valence-electron chi connectivity index (χ2n) is 10.1. The van der Waals surface area contributed by atoms with Crippen LogP contribution in [0.4, 0.5) is 5.13 Å². The Morgan fingerprint density at radius 3 is 2.50 bits per heavy atom. The molecule has 0 spiro atoms. The van der Waals surface area contributed by atoms with Crippen molar-refractivity contribution >= 4 is 32.2 Å². The standard InChI is InChI=1S/C26H30N4O4S2/c1-16(2)25-24-21(15-29(25)14-18-10-11-30(19-6-7-19)23(32)13-18)35-26(28-24)27-22(31)12-17-4-8-20(9-5-17)36(3,33)34/h4-5,8-11,13,16,19,25H,6-7,12,14-15H2,1-3H3,(H,27,28,31). The first-order chi connectivity index (χ1) is 17.1. The third-order valence-electron chi connectivity index (χ3n) is 6.68. The smallest absolute Gasteiger partial charge is 0.251 e. The van der Waals surface area contributed by atoms with Crippen molar-refractivity contribution in [3.63, 3.8) is 0 Å². The molecule has 1 atom stereocenters. The summed E-state index contributed by atoms with van der Waals surface area (Å²) in [6.45, 7) is 5.73. The summed E-state index contributed by atoms with van der Waals surface area (Å²) < 4.78 is 25.1. The zero-order valence-corrected chi connectivity index (χ0v) is 22.2. The van der Waals surface area contributed by atoms with Crippen LogP contribution in [-0.4, -0.2) is 35.0 Å². The molecule has 2 aromatic heterocycles. The van der Waals surface area contributed by atoms with Crippen molar-refractivity contribution in [2.75, 3.05) is 11.6 Å². The Kier molecular flexibility index (Phi) is 6.61. The first kappa shape index (κ1) is 24.9. The van der Waals surface area contributed by atoms with E-state index in [0.717, 1.165) is 47.3 Å². The first-order valence-corrected chi connectivity index (χ1v) is 14.8. The Morgan fingerprint density at radius 1 is 1.17 bits per heavy atom. The molecule has 1 saturated carbocycles. The molecule has 1 unspecified atom stereocenters. The van der Waals surface area contributed by atoms with E-state index < -0.39 is 9.84 Å². The molecule has 1 fully saturated rings. The van der Waals surface area contributed by atoms with Crippen LogP contribution in [0.1, 0.15) is 60.5 Å². The normalized spacial score (nSPS) is 17.9. The molecule has 1 amide bonds. The van der Waals surface area contributed by atoms with Gasteiger partial charge in [-0.1, -0.05) is 26.0 Å². The van der Waals surface area contributed by atoms with Gasteiger partial charge in [0, 0.05) is 42.5 Å². The van der Waals surface area contributed by atoms with Crippen molar-refractivity contribution in [3.8, 4) is 0 Å². The number of aromatic nitrogens is 2. The molecule has 0 radical (unpaired) electrons. The van der Waals surface area contributed by atoms with Crippen LogP contribution in [0.25, 0.3) is 0 Å². The number of hydrogen-bond acceptors (Lipinski definition) is 7. The van der Waals surface area contributed by atoms with Crippen molar-refractivity contribution in [1.82, 2.24) is 14.5 Å². The molecular formula is C26H30N4O4S2. The highest BCUT2D eigenvalue weighted by molar-refractivity contribution is 7.90. The van der Waals surface area contributed by atoms with Crippen LogP contribution in [0.5, 0.6) is 0 Å². The zero-order chi connectivity index (χ0) is 25.6. The van der Waals surface area contributed by atoms with Crippen molar-refractivity contribution in [2.45, 2.75) is 63.2 Å². The minimum Gasteiger partial charge on any atom is -0.312 e. The molecule has 8 nitrogen and oxygen atoms in total. The molecule has 1 aliphatic heterocycles. The number of sulfone groups is 1. The number of rotatable bonds is 8. The van der Waals surface area contributed by atoms with Gasteiger partial charge in [-0.2, -0.15) is 0 Å². The lowest BCUT2D eigenvalue weighted by Crippen LogP contribution is -2.27.